The average Bonchev–Trinajstić information content (AvgIpc) is 2.69. The molecule has 0 unspecified atom stereocenters. The van der Waals surface area contributed by atoms with Crippen LogP contribution in [-0.2, 0) is 4.79 Å². The Hall–Kier alpha value is -4.01. The highest BCUT2D eigenvalue weighted by Gasteiger charge is 2.08. The molecule has 0 saturated carbocycles. The summed E-state index contributed by atoms with van der Waals surface area (Å²) in [5, 5.41) is 17.7. The van der Waals surface area contributed by atoms with E-state index in [1.54, 1.807) is 36.4 Å². The molecule has 0 atom stereocenters. The van der Waals surface area contributed by atoms with E-state index in [0.29, 0.717) is 17.1 Å². The number of carbonyl (C=O) groups excluding carboxylic acids is 1. The molecule has 0 aliphatic heterocycles. The molecule has 0 saturated heterocycles. The third-order valence-corrected chi connectivity index (χ3v) is 3.53. The Bertz CT molecular complexity index is 1020. The molecule has 28 heavy (non-hydrogen) atoms. The standard InChI is InChI=1S/C19H17FN6O2/c1-21-17(28)11-22-12-4-2-5-13(8-12)25-19-23-10-16(20)18(26-19)24-14-6-3-7-15(27)9-14/h2-11,27H,1H3,(H,21,28)(H2,23,24,25,26)/b22-11+. The lowest BCUT2D eigenvalue weighted by atomic mass is 10.3. The zero-order valence-electron chi connectivity index (χ0n) is 14.8. The molecule has 1 heterocycles. The Balaban J connectivity index is 1.78. The van der Waals surface area contributed by atoms with Crippen LogP contribution in [0.15, 0.2) is 59.7 Å². The van der Waals surface area contributed by atoms with Crippen molar-refractivity contribution in [3.63, 3.8) is 0 Å². The van der Waals surface area contributed by atoms with Gasteiger partial charge in [0.1, 0.15) is 5.75 Å². The average molecular weight is 380 g/mol. The van der Waals surface area contributed by atoms with Crippen LogP contribution in [0, 0.1) is 5.82 Å². The van der Waals surface area contributed by atoms with E-state index in [1.807, 2.05) is 0 Å². The summed E-state index contributed by atoms with van der Waals surface area (Å²) >= 11 is 0. The van der Waals surface area contributed by atoms with E-state index in [-0.39, 0.29) is 23.4 Å². The molecule has 0 aliphatic carbocycles. The molecule has 1 amide bonds. The molecule has 0 spiro atoms. The number of aromatic nitrogens is 2. The first kappa shape index (κ1) is 18.8. The number of amides is 1. The number of nitrogens with zero attached hydrogens (tertiary/aromatic N) is 3. The monoisotopic (exact) mass is 380 g/mol. The maximum Gasteiger partial charge on any atom is 0.262 e. The lowest BCUT2D eigenvalue weighted by molar-refractivity contribution is -0.113. The minimum Gasteiger partial charge on any atom is -0.508 e. The fraction of sp³-hybridized carbons (Fsp3) is 0.0526. The Morgan fingerprint density at radius 1 is 1.14 bits per heavy atom. The molecule has 1 aromatic heterocycles. The molecule has 0 aliphatic rings. The summed E-state index contributed by atoms with van der Waals surface area (Å²) in [6.07, 6.45) is 2.21. The fourth-order valence-electron chi connectivity index (χ4n) is 2.23. The number of hydrogen-bond acceptors (Lipinski definition) is 7. The normalized spacial score (nSPS) is 10.6. The summed E-state index contributed by atoms with van der Waals surface area (Å²) in [6.45, 7) is 0. The van der Waals surface area contributed by atoms with Crippen LogP contribution >= 0.6 is 0 Å². The summed E-state index contributed by atoms with van der Waals surface area (Å²) < 4.78 is 14.0. The predicted molar refractivity (Wildman–Crippen MR) is 105 cm³/mol. The van der Waals surface area contributed by atoms with E-state index < -0.39 is 5.82 Å². The second-order valence-electron chi connectivity index (χ2n) is 5.61. The van der Waals surface area contributed by atoms with Gasteiger partial charge in [-0.25, -0.2) is 9.37 Å². The Labute approximate surface area is 160 Å². The topological polar surface area (TPSA) is 112 Å². The van der Waals surface area contributed by atoms with Gasteiger partial charge in [-0.2, -0.15) is 4.98 Å². The van der Waals surface area contributed by atoms with Gasteiger partial charge in [-0.3, -0.25) is 9.79 Å². The van der Waals surface area contributed by atoms with Gasteiger partial charge in [0, 0.05) is 24.5 Å². The number of benzene rings is 2. The quantitative estimate of drug-likeness (QED) is 0.489. The maximum atomic E-state index is 14.0. The number of anilines is 4. The molecule has 8 nitrogen and oxygen atoms in total. The van der Waals surface area contributed by atoms with Crippen molar-refractivity contribution in [3.05, 3.63) is 60.5 Å². The first-order chi connectivity index (χ1) is 13.5. The second-order valence-corrected chi connectivity index (χ2v) is 5.61. The van der Waals surface area contributed by atoms with Gasteiger partial charge in [0.05, 0.1) is 18.1 Å². The van der Waals surface area contributed by atoms with Gasteiger partial charge >= 0.3 is 0 Å². The van der Waals surface area contributed by atoms with Crippen LogP contribution in [0.1, 0.15) is 0 Å². The van der Waals surface area contributed by atoms with Gasteiger partial charge in [0.25, 0.3) is 5.91 Å². The van der Waals surface area contributed by atoms with E-state index in [2.05, 4.69) is 30.9 Å². The number of carbonyl (C=O) groups is 1. The number of phenolic OH excluding ortho intramolecular Hbond substituents is 1. The summed E-state index contributed by atoms with van der Waals surface area (Å²) in [5.41, 5.74) is 1.64. The highest BCUT2D eigenvalue weighted by Crippen LogP contribution is 2.24. The van der Waals surface area contributed by atoms with Crippen molar-refractivity contribution in [3.8, 4) is 5.75 Å². The van der Waals surface area contributed by atoms with Gasteiger partial charge in [-0.1, -0.05) is 12.1 Å². The molecule has 2 aromatic carbocycles. The van der Waals surface area contributed by atoms with Crippen LogP contribution in [-0.4, -0.2) is 34.2 Å². The van der Waals surface area contributed by atoms with Crippen molar-refractivity contribution in [1.82, 2.24) is 15.3 Å². The van der Waals surface area contributed by atoms with Crippen LogP contribution in [0.3, 0.4) is 0 Å². The Morgan fingerprint density at radius 3 is 2.64 bits per heavy atom. The fourth-order valence-corrected chi connectivity index (χ4v) is 2.23. The molecule has 3 rings (SSSR count). The molecule has 0 radical (unpaired) electrons. The SMILES string of the molecule is CNC(=O)/C=N/c1cccc(Nc2ncc(F)c(Nc3cccc(O)c3)n2)c1. The van der Waals surface area contributed by atoms with Gasteiger partial charge in [-0.15, -0.1) is 0 Å². The van der Waals surface area contributed by atoms with Gasteiger partial charge in [0.15, 0.2) is 11.6 Å². The van der Waals surface area contributed by atoms with E-state index >= 15 is 0 Å². The number of hydrogen-bond donors (Lipinski definition) is 4. The predicted octanol–water partition coefficient (Wildman–Crippen LogP) is 3.26. The van der Waals surface area contributed by atoms with Crippen molar-refractivity contribution in [2.24, 2.45) is 4.99 Å². The van der Waals surface area contributed by atoms with Gasteiger partial charge in [0.2, 0.25) is 5.95 Å². The van der Waals surface area contributed by atoms with E-state index in [9.17, 15) is 14.3 Å². The molecule has 3 aromatic rings. The van der Waals surface area contributed by atoms with Crippen LogP contribution in [0.4, 0.5) is 33.2 Å². The molecule has 0 fully saturated rings. The van der Waals surface area contributed by atoms with Crippen LogP contribution in [0.25, 0.3) is 0 Å². The maximum absolute atomic E-state index is 14.0. The number of phenols is 1. The summed E-state index contributed by atoms with van der Waals surface area (Å²) in [4.78, 5) is 23.3. The summed E-state index contributed by atoms with van der Waals surface area (Å²) in [6, 6.07) is 13.2. The lowest BCUT2D eigenvalue weighted by Crippen LogP contribution is -2.18. The van der Waals surface area contributed by atoms with Crippen molar-refractivity contribution in [1.29, 1.82) is 0 Å². The molecule has 0 bridgehead atoms. The first-order valence-corrected chi connectivity index (χ1v) is 8.25. The number of aliphatic imine (C=N–C) groups is 1. The van der Waals surface area contributed by atoms with E-state index in [0.717, 1.165) is 6.20 Å². The van der Waals surface area contributed by atoms with Crippen LogP contribution < -0.4 is 16.0 Å². The molecule has 142 valence electrons. The van der Waals surface area contributed by atoms with Crippen molar-refractivity contribution < 1.29 is 14.3 Å². The zero-order valence-corrected chi connectivity index (χ0v) is 14.8. The second kappa shape index (κ2) is 8.58. The lowest BCUT2D eigenvalue weighted by Gasteiger charge is -2.10. The number of halogens is 1. The number of aromatic hydroxyl groups is 1. The molecular weight excluding hydrogens is 363 g/mol. The largest absolute Gasteiger partial charge is 0.508 e. The summed E-state index contributed by atoms with van der Waals surface area (Å²) in [5.74, 6) is -0.791. The van der Waals surface area contributed by atoms with Crippen LogP contribution in [0.2, 0.25) is 0 Å². The third kappa shape index (κ3) is 5.01. The molecule has 4 N–H and O–H groups in total. The minimum atomic E-state index is -0.641. The van der Waals surface area contributed by atoms with Gasteiger partial charge in [-0.05, 0) is 30.3 Å². The Morgan fingerprint density at radius 2 is 1.89 bits per heavy atom. The van der Waals surface area contributed by atoms with Crippen molar-refractivity contribution >= 4 is 41.0 Å². The smallest absolute Gasteiger partial charge is 0.262 e. The zero-order chi connectivity index (χ0) is 19.9. The highest BCUT2D eigenvalue weighted by molar-refractivity contribution is 6.26. The Kier molecular flexibility index (Phi) is 5.75. The van der Waals surface area contributed by atoms with E-state index in [4.69, 9.17) is 0 Å². The van der Waals surface area contributed by atoms with Gasteiger partial charge < -0.3 is 21.1 Å². The molecular formula is C19H17FN6O2. The van der Waals surface area contributed by atoms with E-state index in [1.165, 1.54) is 25.4 Å². The number of rotatable bonds is 6. The number of nitrogens with one attached hydrogen (secondary N) is 3. The minimum absolute atomic E-state index is 0.0445. The first-order valence-electron chi connectivity index (χ1n) is 8.25. The molecule has 9 heteroatoms. The third-order valence-electron chi connectivity index (χ3n) is 3.53. The van der Waals surface area contributed by atoms with Crippen molar-refractivity contribution in [2.75, 3.05) is 17.7 Å². The van der Waals surface area contributed by atoms with Crippen molar-refractivity contribution in [2.45, 2.75) is 0 Å². The highest BCUT2D eigenvalue weighted by atomic mass is 19.1. The van der Waals surface area contributed by atoms with Crippen LogP contribution in [0.5, 0.6) is 5.75 Å². The summed E-state index contributed by atoms with van der Waals surface area (Å²) in [7, 11) is 1.51.